The topological polar surface area (TPSA) is 42.2 Å². The van der Waals surface area contributed by atoms with Crippen LogP contribution in [-0.4, -0.2) is 15.6 Å². The fourth-order valence-corrected chi connectivity index (χ4v) is 2.35. The van der Waals surface area contributed by atoms with Crippen LogP contribution in [0.25, 0.3) is 5.69 Å². The summed E-state index contributed by atoms with van der Waals surface area (Å²) >= 11 is 0. The summed E-state index contributed by atoms with van der Waals surface area (Å²) in [6, 6.07) is 14.0. The number of nitrogens with zero attached hydrogens (tertiary/aromatic N) is 1. The lowest BCUT2D eigenvalue weighted by Gasteiger charge is -2.12. The van der Waals surface area contributed by atoms with Gasteiger partial charge in [-0.3, -0.25) is 0 Å². The molecule has 1 heterocycles. The van der Waals surface area contributed by atoms with E-state index in [1.807, 2.05) is 56.3 Å². The molecule has 20 heavy (non-hydrogen) atoms. The predicted molar refractivity (Wildman–Crippen MR) is 80.2 cm³/mol. The number of benzene rings is 1. The molecule has 0 spiro atoms. The first-order valence-corrected chi connectivity index (χ1v) is 6.78. The van der Waals surface area contributed by atoms with Gasteiger partial charge >= 0.3 is 5.97 Å². The molecule has 2 aromatic rings. The Morgan fingerprint density at radius 2 is 1.90 bits per heavy atom. The summed E-state index contributed by atoms with van der Waals surface area (Å²) in [5.41, 5.74) is 3.61. The molecule has 1 aromatic carbocycles. The van der Waals surface area contributed by atoms with Crippen LogP contribution in [0, 0.1) is 6.92 Å². The molecule has 0 fully saturated rings. The van der Waals surface area contributed by atoms with Crippen LogP contribution in [0.1, 0.15) is 24.7 Å². The maximum absolute atomic E-state index is 11.3. The Hall–Kier alpha value is -2.29. The summed E-state index contributed by atoms with van der Waals surface area (Å²) in [6.45, 7) is 3.98. The third-order valence-corrected chi connectivity index (χ3v) is 3.27. The van der Waals surface area contributed by atoms with E-state index in [2.05, 4.69) is 4.57 Å². The van der Waals surface area contributed by atoms with Gasteiger partial charge in [0.25, 0.3) is 0 Å². The number of hydrogen-bond acceptors (Lipinski definition) is 1. The van der Waals surface area contributed by atoms with E-state index < -0.39 is 5.97 Å². The summed E-state index contributed by atoms with van der Waals surface area (Å²) in [4.78, 5) is 11.3. The predicted octanol–water partition coefficient (Wildman–Crippen LogP) is 3.75. The van der Waals surface area contributed by atoms with Gasteiger partial charge in [0.15, 0.2) is 0 Å². The number of rotatable bonds is 5. The summed E-state index contributed by atoms with van der Waals surface area (Å²) < 4.78 is 2.10. The highest BCUT2D eigenvalue weighted by Crippen LogP contribution is 2.19. The zero-order chi connectivity index (χ0) is 14.5. The number of hydrogen-bond donors (Lipinski definition) is 1. The third kappa shape index (κ3) is 2.99. The van der Waals surface area contributed by atoms with Gasteiger partial charge in [-0.05, 0) is 37.6 Å². The number of carbonyl (C=O) groups is 1. The summed E-state index contributed by atoms with van der Waals surface area (Å²) in [5.74, 6) is -0.842. The van der Waals surface area contributed by atoms with Gasteiger partial charge in [-0.15, -0.1) is 0 Å². The zero-order valence-corrected chi connectivity index (χ0v) is 11.8. The van der Waals surface area contributed by atoms with Crippen molar-refractivity contribution in [1.82, 2.24) is 4.57 Å². The van der Waals surface area contributed by atoms with Crippen LogP contribution in [0.5, 0.6) is 0 Å². The normalized spacial score (nSPS) is 11.6. The van der Waals surface area contributed by atoms with Gasteiger partial charge in [0.2, 0.25) is 0 Å². The van der Waals surface area contributed by atoms with E-state index in [1.165, 1.54) is 0 Å². The smallest absolute Gasteiger partial charge is 0.331 e. The lowest BCUT2D eigenvalue weighted by Crippen LogP contribution is -2.08. The van der Waals surface area contributed by atoms with Crippen LogP contribution in [0.4, 0.5) is 0 Å². The Labute approximate surface area is 119 Å². The molecule has 3 heteroatoms. The molecule has 0 aliphatic rings. The average Bonchev–Trinajstić information content (AvgIpc) is 2.80. The Morgan fingerprint density at radius 3 is 2.50 bits per heavy atom. The van der Waals surface area contributed by atoms with E-state index in [4.69, 9.17) is 0 Å². The van der Waals surface area contributed by atoms with Gasteiger partial charge in [0.05, 0.1) is 0 Å². The zero-order valence-electron chi connectivity index (χ0n) is 11.8. The summed E-state index contributed by atoms with van der Waals surface area (Å²) in [5, 5.41) is 9.26. The monoisotopic (exact) mass is 269 g/mol. The molecule has 0 unspecified atom stereocenters. The number of para-hydroxylation sites is 1. The average molecular weight is 269 g/mol. The first-order chi connectivity index (χ1) is 9.63. The lowest BCUT2D eigenvalue weighted by molar-refractivity contribution is -0.132. The van der Waals surface area contributed by atoms with Gasteiger partial charge in [-0.1, -0.05) is 31.2 Å². The fraction of sp³-hybridized carbons (Fsp3) is 0.235. The van der Waals surface area contributed by atoms with E-state index in [9.17, 15) is 9.90 Å². The maximum atomic E-state index is 11.3. The molecule has 0 bridgehead atoms. The Balaban J connectivity index is 2.40. The Bertz CT molecular complexity index is 624. The van der Waals surface area contributed by atoms with Crippen LogP contribution >= 0.6 is 0 Å². The number of carboxylic acids is 1. The minimum atomic E-state index is -0.842. The van der Waals surface area contributed by atoms with Crippen molar-refractivity contribution in [3.63, 3.8) is 0 Å². The van der Waals surface area contributed by atoms with E-state index in [0.717, 1.165) is 23.5 Å². The van der Waals surface area contributed by atoms with Gasteiger partial charge in [-0.2, -0.15) is 0 Å². The van der Waals surface area contributed by atoms with Crippen molar-refractivity contribution in [3.8, 4) is 5.69 Å². The van der Waals surface area contributed by atoms with Gasteiger partial charge in [-0.25, -0.2) is 4.79 Å². The number of aromatic nitrogens is 1. The molecule has 104 valence electrons. The molecule has 3 nitrogen and oxygen atoms in total. The molecule has 0 amide bonds. The molecular weight excluding hydrogens is 250 g/mol. The largest absolute Gasteiger partial charge is 0.478 e. The first kappa shape index (κ1) is 14.1. The quantitative estimate of drug-likeness (QED) is 0.840. The van der Waals surface area contributed by atoms with E-state index in [0.29, 0.717) is 12.0 Å². The highest BCUT2D eigenvalue weighted by atomic mass is 16.4. The first-order valence-electron chi connectivity index (χ1n) is 6.78. The van der Waals surface area contributed by atoms with Crippen LogP contribution in [0.3, 0.4) is 0 Å². The number of aryl methyl sites for hydroxylation is 1. The van der Waals surface area contributed by atoms with Crippen molar-refractivity contribution in [2.75, 3.05) is 0 Å². The van der Waals surface area contributed by atoms with E-state index in [1.54, 1.807) is 6.08 Å². The minimum absolute atomic E-state index is 0.436. The molecular formula is C17H19NO2. The molecule has 0 saturated carbocycles. The molecule has 0 radical (unpaired) electrons. The van der Waals surface area contributed by atoms with E-state index in [-0.39, 0.29) is 0 Å². The Morgan fingerprint density at radius 1 is 1.20 bits per heavy atom. The second-order valence-electron chi connectivity index (χ2n) is 4.76. The maximum Gasteiger partial charge on any atom is 0.331 e. The van der Waals surface area contributed by atoms with Crippen LogP contribution in [0.15, 0.2) is 54.1 Å². The number of aliphatic carboxylic acids is 1. The van der Waals surface area contributed by atoms with Crippen molar-refractivity contribution < 1.29 is 9.90 Å². The van der Waals surface area contributed by atoms with Crippen molar-refractivity contribution >= 4 is 5.97 Å². The Kier molecular flexibility index (Phi) is 4.41. The fourth-order valence-electron chi connectivity index (χ4n) is 2.35. The van der Waals surface area contributed by atoms with Gasteiger partial charge in [0, 0.05) is 29.1 Å². The van der Waals surface area contributed by atoms with Gasteiger partial charge < -0.3 is 9.67 Å². The summed E-state index contributed by atoms with van der Waals surface area (Å²) in [7, 11) is 0. The molecule has 1 aromatic heterocycles. The molecule has 0 saturated heterocycles. The highest BCUT2D eigenvalue weighted by Gasteiger charge is 2.13. The van der Waals surface area contributed by atoms with Crippen LogP contribution < -0.4 is 0 Å². The molecule has 1 N–H and O–H groups in total. The van der Waals surface area contributed by atoms with Crippen molar-refractivity contribution in [3.05, 3.63) is 65.5 Å². The lowest BCUT2D eigenvalue weighted by atomic mass is 10.1. The molecule has 2 rings (SSSR count). The summed E-state index contributed by atoms with van der Waals surface area (Å²) in [6.07, 6.45) is 2.94. The van der Waals surface area contributed by atoms with Crippen molar-refractivity contribution in [2.24, 2.45) is 0 Å². The molecule has 0 aliphatic carbocycles. The third-order valence-electron chi connectivity index (χ3n) is 3.27. The second-order valence-corrected chi connectivity index (χ2v) is 4.76. The van der Waals surface area contributed by atoms with Gasteiger partial charge in [0.1, 0.15) is 0 Å². The molecule has 0 atom stereocenters. The van der Waals surface area contributed by atoms with E-state index >= 15 is 0 Å². The number of carboxylic acid groups (broad SMARTS) is 1. The van der Waals surface area contributed by atoms with Crippen LogP contribution in [-0.2, 0) is 11.2 Å². The standard InChI is InChI=1S/C17H19NO2/c1-3-7-14(17(19)20)12-16-11-10-13(2)18(16)15-8-5-4-6-9-15/h4-11H,3,12H2,1-2H3,(H,19,20). The minimum Gasteiger partial charge on any atom is -0.478 e. The van der Waals surface area contributed by atoms with Crippen molar-refractivity contribution in [2.45, 2.75) is 26.7 Å². The highest BCUT2D eigenvalue weighted by molar-refractivity contribution is 5.87. The van der Waals surface area contributed by atoms with Crippen molar-refractivity contribution in [1.29, 1.82) is 0 Å². The number of allylic oxidation sites excluding steroid dienone is 1. The molecule has 0 aliphatic heterocycles. The second kappa shape index (κ2) is 6.24. The SMILES string of the molecule is CCC=C(Cc1ccc(C)n1-c1ccccc1)C(=O)O. The van der Waals surface area contributed by atoms with Crippen LogP contribution in [0.2, 0.25) is 0 Å².